The van der Waals surface area contributed by atoms with E-state index in [1.165, 1.54) is 31.2 Å². The second-order valence-corrected chi connectivity index (χ2v) is 7.67. The minimum atomic E-state index is 0.511. The number of benzene rings is 2. The second kappa shape index (κ2) is 7.36. The van der Waals surface area contributed by atoms with E-state index in [1.807, 2.05) is 25.2 Å². The first-order chi connectivity index (χ1) is 13.2. The number of hydrogen-bond donors (Lipinski definition) is 2. The fourth-order valence-electron chi connectivity index (χ4n) is 4.14. The van der Waals surface area contributed by atoms with E-state index in [2.05, 4.69) is 58.7 Å². The van der Waals surface area contributed by atoms with Gasteiger partial charge < -0.3 is 15.2 Å². The van der Waals surface area contributed by atoms with Gasteiger partial charge in [-0.2, -0.15) is 5.26 Å². The number of aromatic nitrogens is 1. The van der Waals surface area contributed by atoms with Crippen LogP contribution in [0.25, 0.3) is 10.9 Å². The maximum absolute atomic E-state index is 9.55. The Hall–Kier alpha value is -2.93. The highest BCUT2D eigenvalue weighted by Gasteiger charge is 2.21. The summed E-state index contributed by atoms with van der Waals surface area (Å²) in [5.74, 6) is 0.684. The molecule has 4 nitrogen and oxygen atoms in total. The number of anilines is 3. The predicted molar refractivity (Wildman–Crippen MR) is 112 cm³/mol. The molecule has 0 spiro atoms. The van der Waals surface area contributed by atoms with Crippen molar-refractivity contribution in [1.29, 1.82) is 5.26 Å². The lowest BCUT2D eigenvalue weighted by Crippen LogP contribution is -2.30. The van der Waals surface area contributed by atoms with E-state index in [4.69, 9.17) is 0 Å². The van der Waals surface area contributed by atoms with Crippen LogP contribution in [0.1, 0.15) is 38.2 Å². The van der Waals surface area contributed by atoms with Gasteiger partial charge in [0.15, 0.2) is 0 Å². The Balaban J connectivity index is 1.64. The number of rotatable bonds is 4. The third-order valence-electron chi connectivity index (χ3n) is 5.80. The lowest BCUT2D eigenvalue weighted by Gasteiger charge is -2.30. The van der Waals surface area contributed by atoms with Crippen molar-refractivity contribution in [3.63, 3.8) is 0 Å². The minimum absolute atomic E-state index is 0.511. The summed E-state index contributed by atoms with van der Waals surface area (Å²) in [6, 6.07) is 17.1. The fourth-order valence-corrected chi connectivity index (χ4v) is 4.14. The maximum Gasteiger partial charge on any atom is 0.101 e. The average Bonchev–Trinajstić information content (AvgIpc) is 3.06. The van der Waals surface area contributed by atoms with E-state index in [1.54, 1.807) is 0 Å². The van der Waals surface area contributed by atoms with Gasteiger partial charge >= 0.3 is 0 Å². The Labute approximate surface area is 160 Å². The van der Waals surface area contributed by atoms with Crippen LogP contribution >= 0.6 is 0 Å². The van der Waals surface area contributed by atoms with Crippen LogP contribution in [0.2, 0.25) is 0 Å². The Morgan fingerprint density at radius 3 is 2.74 bits per heavy atom. The van der Waals surface area contributed by atoms with Crippen molar-refractivity contribution >= 4 is 28.0 Å². The molecule has 138 valence electrons. The minimum Gasteiger partial charge on any atom is -0.382 e. The molecule has 4 heteroatoms. The molecule has 2 atom stereocenters. The number of nitrogens with one attached hydrogen (secondary N) is 2. The van der Waals surface area contributed by atoms with Crippen molar-refractivity contribution in [3.8, 4) is 6.07 Å². The first-order valence-corrected chi connectivity index (χ1v) is 9.77. The molecule has 1 aromatic heterocycles. The van der Waals surface area contributed by atoms with Gasteiger partial charge in [0.1, 0.15) is 6.07 Å². The van der Waals surface area contributed by atoms with E-state index in [0.717, 1.165) is 22.4 Å². The average molecular weight is 358 g/mol. The van der Waals surface area contributed by atoms with Crippen LogP contribution in [-0.4, -0.2) is 10.6 Å². The van der Waals surface area contributed by atoms with E-state index in [-0.39, 0.29) is 0 Å². The lowest BCUT2D eigenvalue weighted by molar-refractivity contribution is 0.349. The summed E-state index contributed by atoms with van der Waals surface area (Å²) in [5, 5.41) is 17.9. The van der Waals surface area contributed by atoms with Gasteiger partial charge in [-0.1, -0.05) is 25.8 Å². The van der Waals surface area contributed by atoms with Gasteiger partial charge in [-0.3, -0.25) is 0 Å². The molecule has 2 aromatic carbocycles. The number of aryl methyl sites for hydroxylation is 1. The standard InChI is InChI=1S/C23H26N4/c1-16-6-3-4-7-20(16)25-18-11-10-17(15-24)22(14-18)26-21-8-5-9-23-19(21)12-13-27(23)2/h5,8-14,16,20,25-26H,3-4,6-7H2,1-2H3/t16-,20+/m0/s1. The molecule has 2 N–H and O–H groups in total. The van der Waals surface area contributed by atoms with E-state index in [0.29, 0.717) is 17.5 Å². The first-order valence-electron chi connectivity index (χ1n) is 9.77. The quantitative estimate of drug-likeness (QED) is 0.621. The number of nitriles is 1. The Bertz CT molecular complexity index is 995. The molecule has 4 rings (SSSR count). The molecule has 0 radical (unpaired) electrons. The second-order valence-electron chi connectivity index (χ2n) is 7.67. The zero-order valence-electron chi connectivity index (χ0n) is 16.0. The number of nitrogens with zero attached hydrogens (tertiary/aromatic N) is 2. The van der Waals surface area contributed by atoms with Crippen LogP contribution in [0.5, 0.6) is 0 Å². The topological polar surface area (TPSA) is 52.8 Å². The molecule has 1 heterocycles. The van der Waals surface area contributed by atoms with Gasteiger partial charge in [0, 0.05) is 41.6 Å². The van der Waals surface area contributed by atoms with Gasteiger partial charge in [0.05, 0.1) is 11.3 Å². The van der Waals surface area contributed by atoms with Gasteiger partial charge in [0.2, 0.25) is 0 Å². The van der Waals surface area contributed by atoms with Crippen LogP contribution in [-0.2, 0) is 7.05 Å². The van der Waals surface area contributed by atoms with Crippen LogP contribution in [0.3, 0.4) is 0 Å². The molecule has 1 saturated carbocycles. The van der Waals surface area contributed by atoms with Crippen molar-refractivity contribution in [2.75, 3.05) is 10.6 Å². The molecule has 3 aromatic rings. The van der Waals surface area contributed by atoms with Gasteiger partial charge in [-0.15, -0.1) is 0 Å². The SMILES string of the molecule is C[C@H]1CCCC[C@H]1Nc1ccc(C#N)c(Nc2cccc3c2ccn3C)c1. The molecule has 0 amide bonds. The van der Waals surface area contributed by atoms with E-state index < -0.39 is 0 Å². The third-order valence-corrected chi connectivity index (χ3v) is 5.80. The summed E-state index contributed by atoms with van der Waals surface area (Å²) in [7, 11) is 2.04. The summed E-state index contributed by atoms with van der Waals surface area (Å²) in [4.78, 5) is 0. The number of fused-ring (bicyclic) bond motifs is 1. The van der Waals surface area contributed by atoms with Crippen LogP contribution < -0.4 is 10.6 Å². The monoisotopic (exact) mass is 358 g/mol. The Morgan fingerprint density at radius 1 is 1.07 bits per heavy atom. The zero-order valence-corrected chi connectivity index (χ0v) is 16.0. The molecular weight excluding hydrogens is 332 g/mol. The van der Waals surface area contributed by atoms with Gasteiger partial charge in [0.25, 0.3) is 0 Å². The van der Waals surface area contributed by atoms with Crippen LogP contribution in [0, 0.1) is 17.2 Å². The first kappa shape index (κ1) is 17.5. The summed E-state index contributed by atoms with van der Waals surface area (Å²) in [6.45, 7) is 2.33. The van der Waals surface area contributed by atoms with Crippen LogP contribution in [0.15, 0.2) is 48.7 Å². The molecule has 1 fully saturated rings. The maximum atomic E-state index is 9.55. The summed E-state index contributed by atoms with van der Waals surface area (Å²) in [5.41, 5.74) is 4.78. The van der Waals surface area contributed by atoms with E-state index >= 15 is 0 Å². The molecule has 1 aliphatic carbocycles. The third kappa shape index (κ3) is 3.50. The zero-order chi connectivity index (χ0) is 18.8. The van der Waals surface area contributed by atoms with Crippen molar-refractivity contribution in [3.05, 3.63) is 54.2 Å². The number of hydrogen-bond acceptors (Lipinski definition) is 3. The predicted octanol–water partition coefficient (Wildman–Crippen LogP) is 5.78. The van der Waals surface area contributed by atoms with Crippen LogP contribution in [0.4, 0.5) is 17.1 Å². The molecular formula is C23H26N4. The highest BCUT2D eigenvalue weighted by atomic mass is 15.0. The Morgan fingerprint density at radius 2 is 1.93 bits per heavy atom. The smallest absolute Gasteiger partial charge is 0.101 e. The molecule has 0 saturated heterocycles. The highest BCUT2D eigenvalue weighted by Crippen LogP contribution is 2.32. The Kier molecular flexibility index (Phi) is 4.77. The lowest BCUT2D eigenvalue weighted by atomic mass is 9.86. The largest absolute Gasteiger partial charge is 0.382 e. The molecule has 0 aliphatic heterocycles. The summed E-state index contributed by atoms with van der Waals surface area (Å²) < 4.78 is 2.11. The van der Waals surface area contributed by atoms with Gasteiger partial charge in [-0.25, -0.2) is 0 Å². The normalized spacial score (nSPS) is 19.6. The van der Waals surface area contributed by atoms with Crippen molar-refractivity contribution in [2.24, 2.45) is 13.0 Å². The van der Waals surface area contributed by atoms with E-state index in [9.17, 15) is 5.26 Å². The molecule has 0 unspecified atom stereocenters. The summed E-state index contributed by atoms with van der Waals surface area (Å²) in [6.07, 6.45) is 7.19. The van der Waals surface area contributed by atoms with Crippen molar-refractivity contribution < 1.29 is 0 Å². The highest BCUT2D eigenvalue weighted by molar-refractivity contribution is 5.94. The van der Waals surface area contributed by atoms with Crippen molar-refractivity contribution in [2.45, 2.75) is 38.6 Å². The fraction of sp³-hybridized carbons (Fsp3) is 0.348. The van der Waals surface area contributed by atoms with Gasteiger partial charge in [-0.05, 0) is 55.2 Å². The summed E-state index contributed by atoms with van der Waals surface area (Å²) >= 11 is 0. The van der Waals surface area contributed by atoms with Crippen molar-refractivity contribution in [1.82, 2.24) is 4.57 Å². The molecule has 27 heavy (non-hydrogen) atoms. The molecule has 0 bridgehead atoms. The molecule has 1 aliphatic rings.